The van der Waals surface area contributed by atoms with Gasteiger partial charge in [-0.25, -0.2) is 0 Å². The van der Waals surface area contributed by atoms with Crippen molar-refractivity contribution < 1.29 is 30.7 Å². The fourth-order valence-electron chi connectivity index (χ4n) is 18.2. The molecule has 0 spiro atoms. The summed E-state index contributed by atoms with van der Waals surface area (Å²) in [6.07, 6.45) is 18.8. The second-order valence-corrected chi connectivity index (χ2v) is 34.9. The molecule has 1 fully saturated rings. The van der Waals surface area contributed by atoms with Gasteiger partial charge in [-0.1, -0.05) is 338 Å². The molecule has 1 aliphatic heterocycles. The molecular formula is C108H134BBr3O2. The van der Waals surface area contributed by atoms with Crippen molar-refractivity contribution in [3.05, 3.63) is 380 Å². The van der Waals surface area contributed by atoms with Crippen LogP contribution in [0.4, 0.5) is 0 Å². The molecule has 2 atom stereocenters. The predicted octanol–water partition coefficient (Wildman–Crippen LogP) is 31.9. The number of benzene rings is 12. The molecule has 114 heavy (non-hydrogen) atoms. The molecule has 4 aliphatic rings. The Kier molecular flexibility index (Phi) is 25.6. The van der Waals surface area contributed by atoms with Gasteiger partial charge in [0.15, 0.2) is 0 Å². The van der Waals surface area contributed by atoms with E-state index in [0.717, 1.165) is 54.8 Å². The van der Waals surface area contributed by atoms with Gasteiger partial charge >= 0.3 is 7.12 Å². The molecule has 0 bridgehead atoms. The molecule has 2 nitrogen and oxygen atoms in total. The van der Waals surface area contributed by atoms with Crippen LogP contribution >= 0.6 is 47.8 Å². The maximum Gasteiger partial charge on any atom is 0.494 e. The third kappa shape index (κ3) is 15.9. The zero-order chi connectivity index (χ0) is 79.6. The molecule has 12 aromatic carbocycles. The summed E-state index contributed by atoms with van der Waals surface area (Å²) in [5.41, 5.74) is 29.7. The summed E-state index contributed by atoms with van der Waals surface area (Å²) in [5.74, 6) is 18.7. The number of rotatable bonds is 22. The molecule has 1 heterocycles. The van der Waals surface area contributed by atoms with Crippen LogP contribution in [0.1, 0.15) is 268 Å². The van der Waals surface area contributed by atoms with Crippen molar-refractivity contribution in [2.45, 2.75) is 193 Å². The molecule has 3 aliphatic carbocycles. The number of hydrogen-bond donors (Lipinski definition) is 0. The maximum absolute atomic E-state index is 6.54. The molecule has 12 aromatic rings. The highest BCUT2D eigenvalue weighted by atomic mass is 79.9. The summed E-state index contributed by atoms with van der Waals surface area (Å²) in [6.45, 7) is 20.9. The minimum Gasteiger partial charge on any atom is -0.399 e. The molecule has 16 rings (SSSR count). The van der Waals surface area contributed by atoms with Crippen LogP contribution < -0.4 is 5.46 Å². The molecule has 0 N–H and O–H groups in total. The summed E-state index contributed by atoms with van der Waals surface area (Å²) in [6, 6.07) is 99.6. The van der Waals surface area contributed by atoms with E-state index in [0.29, 0.717) is 0 Å². The van der Waals surface area contributed by atoms with Gasteiger partial charge in [-0.3, -0.25) is 0 Å². The largest absolute Gasteiger partial charge is 0.494 e. The lowest BCUT2D eigenvalue weighted by Crippen LogP contribution is -2.41. The maximum atomic E-state index is 6.54. The van der Waals surface area contributed by atoms with Gasteiger partial charge in [0.05, 0.1) is 27.4 Å². The van der Waals surface area contributed by atoms with E-state index in [1.807, 2.05) is 20.8 Å². The third-order valence-corrected chi connectivity index (χ3v) is 26.0. The third-order valence-electron chi connectivity index (χ3n) is 24.5. The standard InChI is InChI=1S/C40H43BO2.C34H30Br2.C34H31Br.15H2/c1-7-9-10-11-15-30-20-24-32(25-21-30)40(31-22-18-29(14-8-2)19-23-31)36-17-13-12-16-34(36)35-27-26-33(28-37(35)40)41-42-38(3,4)39(5,6)43-41;1-3-5-6-7-9-25-12-16-27(17-13-25)34(26-14-10-24(8-4-2)11-15-26)32-22-28(35)18-20-30(32)31-21-19-29(36)23-33(31)34;1-3-5-6-7-11-26-16-20-28(21-17-26)34(27-18-14-25(10-4-2)15-19-27)32-13-9-8-12-30(32)31-23-22-29(35)24-33(31)34;;;;;;;;;;;;;;;/h12-13,16-28H,7,9-11,15H2,1-6H3;10-23H,3,5-7,9H2,1-2H3;8-9,12-24H,3,5-7,11H2,1-2H3;15*1H. The molecule has 602 valence electrons. The van der Waals surface area contributed by atoms with Gasteiger partial charge in [0.1, 0.15) is 0 Å². The monoisotopic (exact) mass is 1710 g/mol. The van der Waals surface area contributed by atoms with Crippen molar-refractivity contribution in [2.24, 2.45) is 0 Å². The van der Waals surface area contributed by atoms with E-state index in [1.54, 1.807) is 0 Å². The quantitative estimate of drug-likeness (QED) is 0.0382. The Hall–Kier alpha value is -9.26. The lowest BCUT2D eigenvalue weighted by molar-refractivity contribution is 0.00578. The Morgan fingerprint density at radius 2 is 0.553 bits per heavy atom. The highest BCUT2D eigenvalue weighted by Gasteiger charge is 2.54. The molecule has 6 heteroatoms. The van der Waals surface area contributed by atoms with Crippen LogP contribution in [0.15, 0.2) is 280 Å². The Labute approximate surface area is 728 Å². The minimum absolute atomic E-state index is 0. The van der Waals surface area contributed by atoms with Gasteiger partial charge in [-0.15, -0.1) is 17.8 Å². The van der Waals surface area contributed by atoms with Crippen molar-refractivity contribution in [3.8, 4) is 68.9 Å². The first-order valence-corrected chi connectivity index (χ1v) is 43.8. The molecule has 0 amide bonds. The number of hydrogen-bond acceptors (Lipinski definition) is 2. The molecule has 0 radical (unpaired) electrons. The second-order valence-electron chi connectivity index (χ2n) is 32.2. The first-order valence-electron chi connectivity index (χ1n) is 41.5. The Bertz CT molecular complexity index is 5600. The van der Waals surface area contributed by atoms with Crippen molar-refractivity contribution in [3.63, 3.8) is 0 Å². The highest BCUT2D eigenvalue weighted by molar-refractivity contribution is 9.11. The van der Waals surface area contributed by atoms with E-state index in [-0.39, 0.29) is 26.8 Å². The number of unbranched alkanes of at least 4 members (excludes halogenated alkanes) is 9. The van der Waals surface area contributed by atoms with Crippen molar-refractivity contribution in [2.75, 3.05) is 0 Å². The first-order chi connectivity index (χ1) is 55.5. The Balaban J connectivity index is 0. The summed E-state index contributed by atoms with van der Waals surface area (Å²) in [7, 11) is -0.426. The van der Waals surface area contributed by atoms with Gasteiger partial charge in [-0.2, -0.15) is 0 Å². The van der Waals surface area contributed by atoms with Crippen LogP contribution in [0, 0.1) is 35.5 Å². The van der Waals surface area contributed by atoms with E-state index in [4.69, 9.17) is 9.31 Å². The summed E-state index contributed by atoms with van der Waals surface area (Å²) >= 11 is 11.3. The lowest BCUT2D eigenvalue weighted by atomic mass is 9.66. The first kappa shape index (κ1) is 81.3. The van der Waals surface area contributed by atoms with Crippen LogP contribution in [-0.4, -0.2) is 18.3 Å². The summed E-state index contributed by atoms with van der Waals surface area (Å²) < 4.78 is 16.4. The normalized spacial score (nSPS) is 16.3. The van der Waals surface area contributed by atoms with Crippen LogP contribution in [0.5, 0.6) is 0 Å². The van der Waals surface area contributed by atoms with Crippen LogP contribution in [0.25, 0.3) is 33.4 Å². The van der Waals surface area contributed by atoms with Crippen molar-refractivity contribution >= 4 is 60.4 Å². The van der Waals surface area contributed by atoms with E-state index >= 15 is 0 Å². The van der Waals surface area contributed by atoms with Crippen molar-refractivity contribution in [1.29, 1.82) is 0 Å². The van der Waals surface area contributed by atoms with E-state index in [1.165, 1.54) is 194 Å². The average Bonchev–Trinajstić information content (AvgIpc) is 1.56. The van der Waals surface area contributed by atoms with Gasteiger partial charge in [0.25, 0.3) is 0 Å². The molecular weight excluding hydrogens is 1580 g/mol. The molecule has 2 unspecified atom stereocenters. The SMILES string of the molecule is CC#Cc1ccc(C2(c3ccc(CCCCCC)cc3)c3cc(Br)ccc3-c3ccc(Br)cc32)cc1.CC#Cc1ccc(C2(c3ccc(CCCCCC)cc3)c3ccccc3-c3ccc(B4OC(C)(C)C(C)(C)O4)cc32)cc1.CC#Cc1ccc(C2(c3ccc(CCCCCC)cc3)c3ccccc3-c3ccc(Br)cc32)cc1.[HH].[HH].[HH].[HH].[HH].[HH].[HH].[HH].[HH].[HH].[HH].[HH].[HH].[HH].[HH]. The number of halogens is 3. The fraction of sp³-hybridized carbons (Fsp3) is 0.278. The van der Waals surface area contributed by atoms with Gasteiger partial charge in [0.2, 0.25) is 0 Å². The number of fused-ring (bicyclic) bond motifs is 9. The molecule has 1 saturated heterocycles. The summed E-state index contributed by atoms with van der Waals surface area (Å²) in [4.78, 5) is 0. The highest BCUT2D eigenvalue weighted by Crippen LogP contribution is 2.60. The van der Waals surface area contributed by atoms with E-state index < -0.39 is 29.2 Å². The van der Waals surface area contributed by atoms with Gasteiger partial charge in [0, 0.05) is 51.5 Å². The molecule has 0 saturated carbocycles. The van der Waals surface area contributed by atoms with Gasteiger partial charge < -0.3 is 9.31 Å². The van der Waals surface area contributed by atoms with E-state index in [9.17, 15) is 0 Å². The van der Waals surface area contributed by atoms with Gasteiger partial charge in [-0.05, 0) is 282 Å². The topological polar surface area (TPSA) is 18.5 Å². The smallest absolute Gasteiger partial charge is 0.399 e. The predicted molar refractivity (Wildman–Crippen MR) is 523 cm³/mol. The zero-order valence-corrected chi connectivity index (χ0v) is 72.8. The Morgan fingerprint density at radius 1 is 0.289 bits per heavy atom. The molecule has 0 aromatic heterocycles. The van der Waals surface area contributed by atoms with Crippen LogP contribution in [0.3, 0.4) is 0 Å². The summed E-state index contributed by atoms with van der Waals surface area (Å²) in [5, 5.41) is 0. The van der Waals surface area contributed by atoms with Crippen LogP contribution in [-0.2, 0) is 44.8 Å². The second kappa shape index (κ2) is 35.9. The van der Waals surface area contributed by atoms with Crippen LogP contribution in [0.2, 0.25) is 0 Å². The zero-order valence-electron chi connectivity index (χ0n) is 68.0. The fourth-order valence-corrected chi connectivity index (χ4v) is 19.3. The van der Waals surface area contributed by atoms with Crippen molar-refractivity contribution in [1.82, 2.24) is 0 Å². The minimum atomic E-state index is -0.482. The average molecular weight is 1710 g/mol. The lowest BCUT2D eigenvalue weighted by Gasteiger charge is -2.34. The van der Waals surface area contributed by atoms with E-state index in [2.05, 4.69) is 399 Å². The number of aryl methyl sites for hydroxylation is 3. The Morgan fingerprint density at radius 3 is 0.851 bits per heavy atom.